The number of allylic oxidation sites excluding steroid dienone is 2. The maximum absolute atomic E-state index is 15.2. The van der Waals surface area contributed by atoms with Crippen molar-refractivity contribution in [2.75, 3.05) is 0 Å². The topological polar surface area (TPSA) is 0 Å². The minimum Gasteiger partial charge on any atom is -0.207 e. The number of hydrogen-bond acceptors (Lipinski definition) is 0. The van der Waals surface area contributed by atoms with E-state index in [0.717, 1.165) is 24.8 Å². The molecule has 1 aromatic rings. The monoisotopic (exact) mass is 482 g/mol. The van der Waals surface area contributed by atoms with E-state index < -0.39 is 0 Å². The second kappa shape index (κ2) is 15.9. The number of hydrogen-bond donors (Lipinski definition) is 0. The van der Waals surface area contributed by atoms with Gasteiger partial charge in [0, 0.05) is 0 Å². The van der Waals surface area contributed by atoms with Crippen LogP contribution >= 0.6 is 0 Å². The molecule has 1 heteroatoms. The molecule has 0 spiro atoms. The van der Waals surface area contributed by atoms with Gasteiger partial charge < -0.3 is 0 Å². The summed E-state index contributed by atoms with van der Waals surface area (Å²) in [6.45, 7) is 4.55. The zero-order valence-electron chi connectivity index (χ0n) is 23.3. The molecule has 0 nitrogen and oxygen atoms in total. The maximum atomic E-state index is 15.2. The Bertz CT molecular complexity index is 739. The first kappa shape index (κ1) is 28.5. The first-order chi connectivity index (χ1) is 17.2. The van der Waals surface area contributed by atoms with Crippen LogP contribution in [0.4, 0.5) is 4.39 Å². The van der Waals surface area contributed by atoms with Crippen LogP contribution in [0.2, 0.25) is 0 Å². The van der Waals surface area contributed by atoms with Crippen molar-refractivity contribution in [3.63, 3.8) is 0 Å². The lowest BCUT2D eigenvalue weighted by Crippen LogP contribution is -2.25. The van der Waals surface area contributed by atoms with Crippen LogP contribution in [0.1, 0.15) is 166 Å². The minimum atomic E-state index is 0.0496. The molecule has 0 amide bonds. The summed E-state index contributed by atoms with van der Waals surface area (Å²) in [6.07, 6.45) is 31.2. The van der Waals surface area contributed by atoms with Crippen LogP contribution < -0.4 is 0 Å². The fraction of sp³-hybridized carbons (Fsp3) is 0.765. The molecule has 1 atom stereocenters. The van der Waals surface area contributed by atoms with E-state index >= 15 is 4.39 Å². The molecule has 0 N–H and O–H groups in total. The number of unbranched alkanes of at least 4 members (excludes halogenated alkanes) is 6. The van der Waals surface area contributed by atoms with Gasteiger partial charge in [-0.15, -0.1) is 0 Å². The van der Waals surface area contributed by atoms with E-state index in [2.05, 4.69) is 32.1 Å². The average Bonchev–Trinajstić information content (AvgIpc) is 2.89. The van der Waals surface area contributed by atoms with Crippen LogP contribution in [-0.2, 0) is 6.42 Å². The summed E-state index contributed by atoms with van der Waals surface area (Å²) in [5.74, 6) is 0.533. The second-order valence-corrected chi connectivity index (χ2v) is 12.1. The van der Waals surface area contributed by atoms with Crippen molar-refractivity contribution in [3.8, 4) is 0 Å². The van der Waals surface area contributed by atoms with Crippen LogP contribution in [0.3, 0.4) is 0 Å². The summed E-state index contributed by atoms with van der Waals surface area (Å²) in [6, 6.07) is 6.35. The lowest BCUT2D eigenvalue weighted by atomic mass is 9.66. The Morgan fingerprint density at radius 2 is 1.60 bits per heavy atom. The third-order valence-corrected chi connectivity index (χ3v) is 9.24. The molecule has 0 aromatic heterocycles. The molecule has 2 aliphatic carbocycles. The van der Waals surface area contributed by atoms with E-state index in [0.29, 0.717) is 11.3 Å². The van der Waals surface area contributed by atoms with Crippen LogP contribution in [0.25, 0.3) is 0 Å². The zero-order valence-corrected chi connectivity index (χ0v) is 23.3. The van der Waals surface area contributed by atoms with Crippen molar-refractivity contribution >= 4 is 0 Å². The van der Waals surface area contributed by atoms with Crippen LogP contribution in [0.5, 0.6) is 0 Å². The number of rotatable bonds is 16. The van der Waals surface area contributed by atoms with E-state index in [4.69, 9.17) is 0 Å². The fourth-order valence-electron chi connectivity index (χ4n) is 6.89. The van der Waals surface area contributed by atoms with E-state index in [1.165, 1.54) is 128 Å². The predicted octanol–water partition coefficient (Wildman–Crippen LogP) is 11.6. The van der Waals surface area contributed by atoms with Gasteiger partial charge in [-0.05, 0) is 106 Å². The largest absolute Gasteiger partial charge is 0.207 e. The molecule has 3 rings (SSSR count). The Hall–Kier alpha value is -1.11. The molecule has 0 bridgehead atoms. The number of benzene rings is 1. The van der Waals surface area contributed by atoms with Gasteiger partial charge in [0.2, 0.25) is 0 Å². The smallest absolute Gasteiger partial charge is 0.126 e. The lowest BCUT2D eigenvalue weighted by molar-refractivity contribution is 0.144. The normalized spacial score (nSPS) is 18.9. The van der Waals surface area contributed by atoms with Gasteiger partial charge in [0.05, 0.1) is 0 Å². The third-order valence-electron chi connectivity index (χ3n) is 9.24. The lowest BCUT2D eigenvalue weighted by Gasteiger charge is -2.39. The summed E-state index contributed by atoms with van der Waals surface area (Å²) in [7, 11) is 0. The molecular weight excluding hydrogens is 427 g/mol. The van der Waals surface area contributed by atoms with Crippen LogP contribution in [0, 0.1) is 11.2 Å². The Kier molecular flexibility index (Phi) is 12.9. The number of aryl methyl sites for hydroxylation is 1. The highest BCUT2D eigenvalue weighted by molar-refractivity contribution is 5.29. The highest BCUT2D eigenvalue weighted by atomic mass is 19.1. The van der Waals surface area contributed by atoms with Gasteiger partial charge in [-0.25, -0.2) is 4.39 Å². The molecule has 1 saturated carbocycles. The summed E-state index contributed by atoms with van der Waals surface area (Å²) in [5.41, 5.74) is 4.40. The summed E-state index contributed by atoms with van der Waals surface area (Å²) in [5, 5.41) is 0. The molecule has 198 valence electrons. The van der Waals surface area contributed by atoms with E-state index in [1.807, 2.05) is 6.07 Å². The third kappa shape index (κ3) is 9.70. The van der Waals surface area contributed by atoms with Gasteiger partial charge in [0.25, 0.3) is 0 Å². The zero-order chi connectivity index (χ0) is 24.8. The quantitative estimate of drug-likeness (QED) is 0.162. The van der Waals surface area contributed by atoms with Crippen molar-refractivity contribution in [1.82, 2.24) is 0 Å². The highest BCUT2D eigenvalue weighted by Gasteiger charge is 2.32. The molecule has 1 unspecified atom stereocenters. The molecule has 2 aliphatic rings. The van der Waals surface area contributed by atoms with E-state index in [1.54, 1.807) is 5.57 Å². The SMILES string of the molecule is CCCCCCc1ccc(C(CCC2(CCCCCC)CCCCC2)CC2=CCCCC2)cc1F. The molecule has 1 aromatic carbocycles. The van der Waals surface area contributed by atoms with Gasteiger partial charge in [-0.2, -0.15) is 0 Å². The number of halogens is 1. The van der Waals surface area contributed by atoms with Crippen molar-refractivity contribution in [1.29, 1.82) is 0 Å². The van der Waals surface area contributed by atoms with Crippen molar-refractivity contribution < 1.29 is 4.39 Å². The molecule has 35 heavy (non-hydrogen) atoms. The highest BCUT2D eigenvalue weighted by Crippen LogP contribution is 2.47. The van der Waals surface area contributed by atoms with Crippen molar-refractivity contribution in [2.24, 2.45) is 5.41 Å². The van der Waals surface area contributed by atoms with Gasteiger partial charge in [-0.3, -0.25) is 0 Å². The van der Waals surface area contributed by atoms with Crippen LogP contribution in [0.15, 0.2) is 29.8 Å². The van der Waals surface area contributed by atoms with Gasteiger partial charge >= 0.3 is 0 Å². The Labute approximate surface area is 217 Å². The fourth-order valence-corrected chi connectivity index (χ4v) is 6.89. The summed E-state index contributed by atoms with van der Waals surface area (Å²) in [4.78, 5) is 0. The van der Waals surface area contributed by atoms with E-state index in [-0.39, 0.29) is 5.82 Å². The molecule has 0 saturated heterocycles. The van der Waals surface area contributed by atoms with Crippen molar-refractivity contribution in [2.45, 2.75) is 161 Å². The van der Waals surface area contributed by atoms with Gasteiger partial charge in [0.15, 0.2) is 0 Å². The first-order valence-electron chi connectivity index (χ1n) is 15.6. The van der Waals surface area contributed by atoms with E-state index in [9.17, 15) is 0 Å². The van der Waals surface area contributed by atoms with Gasteiger partial charge in [-0.1, -0.05) is 102 Å². The standard InChI is InChI=1S/C34H55F/c1-3-5-7-13-19-30-20-21-31(28-33(30)35)32(27-29-17-11-9-12-18-29)22-26-34(23-14-8-6-4-2)24-15-10-16-25-34/h17,20-21,28,32H,3-16,18-19,22-27H2,1-2H3. The Morgan fingerprint density at radius 1 is 0.829 bits per heavy atom. The molecule has 1 fully saturated rings. The van der Waals surface area contributed by atoms with Gasteiger partial charge in [0.1, 0.15) is 5.82 Å². The Balaban J connectivity index is 1.70. The molecule has 0 aliphatic heterocycles. The Morgan fingerprint density at radius 3 is 2.29 bits per heavy atom. The maximum Gasteiger partial charge on any atom is 0.126 e. The van der Waals surface area contributed by atoms with Crippen LogP contribution in [-0.4, -0.2) is 0 Å². The average molecular weight is 483 g/mol. The molecule has 0 radical (unpaired) electrons. The first-order valence-corrected chi connectivity index (χ1v) is 15.6. The molecular formula is C34H55F. The predicted molar refractivity (Wildman–Crippen MR) is 152 cm³/mol. The van der Waals surface area contributed by atoms with Crippen molar-refractivity contribution in [3.05, 3.63) is 46.8 Å². The minimum absolute atomic E-state index is 0.0496. The summed E-state index contributed by atoms with van der Waals surface area (Å²) < 4.78 is 15.2. The summed E-state index contributed by atoms with van der Waals surface area (Å²) >= 11 is 0. The molecule has 0 heterocycles. The second-order valence-electron chi connectivity index (χ2n) is 12.1.